The van der Waals surface area contributed by atoms with E-state index in [0.717, 1.165) is 34.6 Å². The SMILES string of the molecule is Cc1nc(Oc2ccc(Br)cc2)ncc1CNCC(C)C. The number of hydrogen-bond acceptors (Lipinski definition) is 4. The highest BCUT2D eigenvalue weighted by atomic mass is 79.9. The van der Waals surface area contributed by atoms with E-state index in [9.17, 15) is 0 Å². The predicted octanol–water partition coefficient (Wildman–Crippen LogP) is 4.09. The fourth-order valence-electron chi connectivity index (χ4n) is 1.80. The van der Waals surface area contributed by atoms with Crippen LogP contribution in [0.5, 0.6) is 11.8 Å². The van der Waals surface area contributed by atoms with E-state index in [4.69, 9.17) is 4.74 Å². The maximum atomic E-state index is 5.65. The van der Waals surface area contributed by atoms with Gasteiger partial charge in [-0.25, -0.2) is 4.98 Å². The zero-order chi connectivity index (χ0) is 15.2. The van der Waals surface area contributed by atoms with Gasteiger partial charge in [0.05, 0.1) is 0 Å². The van der Waals surface area contributed by atoms with Crippen molar-refractivity contribution < 1.29 is 4.74 Å². The molecule has 0 spiro atoms. The van der Waals surface area contributed by atoms with Crippen molar-refractivity contribution in [2.45, 2.75) is 27.3 Å². The Morgan fingerprint density at radius 3 is 2.57 bits per heavy atom. The van der Waals surface area contributed by atoms with Crippen LogP contribution >= 0.6 is 15.9 Å². The summed E-state index contributed by atoms with van der Waals surface area (Å²) in [4.78, 5) is 8.67. The Morgan fingerprint density at radius 2 is 1.95 bits per heavy atom. The highest BCUT2D eigenvalue weighted by Gasteiger charge is 2.06. The quantitative estimate of drug-likeness (QED) is 0.853. The van der Waals surface area contributed by atoms with E-state index in [-0.39, 0.29) is 0 Å². The van der Waals surface area contributed by atoms with Crippen molar-refractivity contribution in [2.75, 3.05) is 6.54 Å². The average molecular weight is 350 g/mol. The van der Waals surface area contributed by atoms with Crippen molar-refractivity contribution in [2.24, 2.45) is 5.92 Å². The summed E-state index contributed by atoms with van der Waals surface area (Å²) in [7, 11) is 0. The van der Waals surface area contributed by atoms with Crippen LogP contribution in [0.25, 0.3) is 0 Å². The lowest BCUT2D eigenvalue weighted by atomic mass is 10.2. The number of halogens is 1. The summed E-state index contributed by atoms with van der Waals surface area (Å²) in [5.41, 5.74) is 2.03. The second-order valence-corrected chi connectivity index (χ2v) is 6.26. The van der Waals surface area contributed by atoms with Crippen LogP contribution in [0.4, 0.5) is 0 Å². The second kappa shape index (κ2) is 7.52. The van der Waals surface area contributed by atoms with Crippen LogP contribution in [0, 0.1) is 12.8 Å². The van der Waals surface area contributed by atoms with E-state index >= 15 is 0 Å². The summed E-state index contributed by atoms with van der Waals surface area (Å²) in [6, 6.07) is 7.98. The van der Waals surface area contributed by atoms with Crippen LogP contribution in [0.15, 0.2) is 34.9 Å². The molecule has 2 aromatic rings. The summed E-state index contributed by atoms with van der Waals surface area (Å²) in [6.45, 7) is 8.11. The fourth-order valence-corrected chi connectivity index (χ4v) is 2.06. The van der Waals surface area contributed by atoms with E-state index in [1.807, 2.05) is 37.4 Å². The molecule has 0 aliphatic carbocycles. The van der Waals surface area contributed by atoms with Gasteiger partial charge in [-0.2, -0.15) is 4.98 Å². The standard InChI is InChI=1S/C16H20BrN3O/c1-11(2)8-18-9-13-10-19-16(20-12(13)3)21-15-6-4-14(17)5-7-15/h4-7,10-11,18H,8-9H2,1-3H3. The zero-order valence-corrected chi connectivity index (χ0v) is 14.1. The molecule has 0 unspecified atom stereocenters. The highest BCUT2D eigenvalue weighted by molar-refractivity contribution is 9.10. The number of benzene rings is 1. The van der Waals surface area contributed by atoms with E-state index in [1.54, 1.807) is 0 Å². The molecule has 2 rings (SSSR count). The van der Waals surface area contributed by atoms with Crippen molar-refractivity contribution in [3.63, 3.8) is 0 Å². The number of nitrogens with zero attached hydrogens (tertiary/aromatic N) is 2. The zero-order valence-electron chi connectivity index (χ0n) is 12.6. The molecular formula is C16H20BrN3O. The molecule has 0 atom stereocenters. The van der Waals surface area contributed by atoms with Crippen molar-refractivity contribution >= 4 is 15.9 Å². The minimum Gasteiger partial charge on any atom is -0.424 e. The van der Waals surface area contributed by atoms with Gasteiger partial charge in [-0.15, -0.1) is 0 Å². The van der Waals surface area contributed by atoms with Gasteiger partial charge in [0.15, 0.2) is 0 Å². The molecule has 0 saturated heterocycles. The average Bonchev–Trinajstić information content (AvgIpc) is 2.43. The van der Waals surface area contributed by atoms with Crippen LogP contribution in [0.2, 0.25) is 0 Å². The summed E-state index contributed by atoms with van der Waals surface area (Å²) >= 11 is 3.39. The summed E-state index contributed by atoms with van der Waals surface area (Å²) in [5.74, 6) is 1.36. The third-order valence-corrected chi connectivity index (χ3v) is 3.48. The summed E-state index contributed by atoms with van der Waals surface area (Å²) in [5, 5.41) is 3.39. The third-order valence-electron chi connectivity index (χ3n) is 2.95. The molecule has 5 heteroatoms. The molecule has 1 aromatic heterocycles. The van der Waals surface area contributed by atoms with Gasteiger partial charge in [-0.3, -0.25) is 0 Å². The Labute approximate surface area is 134 Å². The lowest BCUT2D eigenvalue weighted by Gasteiger charge is -2.10. The van der Waals surface area contributed by atoms with Gasteiger partial charge in [0, 0.05) is 28.5 Å². The van der Waals surface area contributed by atoms with Gasteiger partial charge in [0.25, 0.3) is 0 Å². The predicted molar refractivity (Wildman–Crippen MR) is 87.5 cm³/mol. The summed E-state index contributed by atoms with van der Waals surface area (Å²) < 4.78 is 6.66. The maximum absolute atomic E-state index is 5.65. The fraction of sp³-hybridized carbons (Fsp3) is 0.375. The largest absolute Gasteiger partial charge is 0.424 e. The van der Waals surface area contributed by atoms with E-state index in [1.165, 1.54) is 0 Å². The molecule has 0 saturated carbocycles. The van der Waals surface area contributed by atoms with Crippen LogP contribution in [0.1, 0.15) is 25.1 Å². The normalized spacial score (nSPS) is 10.9. The lowest BCUT2D eigenvalue weighted by molar-refractivity contribution is 0.438. The monoisotopic (exact) mass is 349 g/mol. The molecule has 0 radical (unpaired) electrons. The highest BCUT2D eigenvalue weighted by Crippen LogP contribution is 2.21. The van der Waals surface area contributed by atoms with Crippen LogP contribution in [-0.2, 0) is 6.54 Å². The van der Waals surface area contributed by atoms with Crippen LogP contribution in [-0.4, -0.2) is 16.5 Å². The first-order valence-electron chi connectivity index (χ1n) is 7.01. The number of hydrogen-bond donors (Lipinski definition) is 1. The summed E-state index contributed by atoms with van der Waals surface area (Å²) in [6.07, 6.45) is 1.82. The number of aryl methyl sites for hydroxylation is 1. The minimum atomic E-state index is 0.377. The van der Waals surface area contributed by atoms with Gasteiger partial charge in [-0.1, -0.05) is 29.8 Å². The molecule has 4 nitrogen and oxygen atoms in total. The van der Waals surface area contributed by atoms with E-state index < -0.39 is 0 Å². The Kier molecular flexibility index (Phi) is 5.70. The Balaban J connectivity index is 1.99. The number of rotatable bonds is 6. The minimum absolute atomic E-state index is 0.377. The maximum Gasteiger partial charge on any atom is 0.322 e. The first-order chi connectivity index (χ1) is 10.0. The first-order valence-corrected chi connectivity index (χ1v) is 7.80. The molecule has 1 N–H and O–H groups in total. The Hall–Kier alpha value is -1.46. The number of nitrogens with one attached hydrogen (secondary N) is 1. The molecule has 0 amide bonds. The Bertz CT molecular complexity index is 585. The van der Waals surface area contributed by atoms with Gasteiger partial charge >= 0.3 is 6.01 Å². The molecule has 1 aromatic carbocycles. The third kappa shape index (κ3) is 5.10. The van der Waals surface area contributed by atoms with Gasteiger partial charge in [0.1, 0.15) is 5.75 Å². The first kappa shape index (κ1) is 15.9. The van der Waals surface area contributed by atoms with Gasteiger partial charge < -0.3 is 10.1 Å². The van der Waals surface area contributed by atoms with Crippen LogP contribution in [0.3, 0.4) is 0 Å². The number of ether oxygens (including phenoxy) is 1. The smallest absolute Gasteiger partial charge is 0.322 e. The molecule has 0 fully saturated rings. The topological polar surface area (TPSA) is 47.0 Å². The van der Waals surface area contributed by atoms with Crippen molar-refractivity contribution in [1.82, 2.24) is 15.3 Å². The van der Waals surface area contributed by atoms with E-state index in [0.29, 0.717) is 11.9 Å². The van der Waals surface area contributed by atoms with Gasteiger partial charge in [0.2, 0.25) is 0 Å². The molecular weight excluding hydrogens is 330 g/mol. The second-order valence-electron chi connectivity index (χ2n) is 5.34. The van der Waals surface area contributed by atoms with E-state index in [2.05, 4.69) is 45.1 Å². The molecule has 1 heterocycles. The Morgan fingerprint density at radius 1 is 1.24 bits per heavy atom. The molecule has 0 aliphatic rings. The van der Waals surface area contributed by atoms with Gasteiger partial charge in [-0.05, 0) is 43.7 Å². The van der Waals surface area contributed by atoms with Crippen molar-refractivity contribution in [3.8, 4) is 11.8 Å². The molecule has 0 bridgehead atoms. The van der Waals surface area contributed by atoms with Crippen molar-refractivity contribution in [3.05, 3.63) is 46.2 Å². The number of aromatic nitrogens is 2. The molecule has 21 heavy (non-hydrogen) atoms. The molecule has 0 aliphatic heterocycles. The lowest BCUT2D eigenvalue weighted by Crippen LogP contribution is -2.20. The molecule has 112 valence electrons. The van der Waals surface area contributed by atoms with Crippen LogP contribution < -0.4 is 10.1 Å². The van der Waals surface area contributed by atoms with Crippen molar-refractivity contribution in [1.29, 1.82) is 0 Å².